The maximum atomic E-state index is 10.3. The second kappa shape index (κ2) is 4.64. The first-order valence-corrected chi connectivity index (χ1v) is 7.54. The number of nitrogens with zero attached hydrogens (tertiary/aromatic N) is 1. The molecule has 0 spiro atoms. The molecule has 0 amide bonds. The van der Waals surface area contributed by atoms with Crippen molar-refractivity contribution in [3.8, 4) is 0 Å². The van der Waals surface area contributed by atoms with Crippen molar-refractivity contribution in [3.05, 3.63) is 23.5 Å². The van der Waals surface area contributed by atoms with E-state index in [2.05, 4.69) is 30.7 Å². The lowest BCUT2D eigenvalue weighted by molar-refractivity contribution is 0.0673. The van der Waals surface area contributed by atoms with Gasteiger partial charge in [-0.05, 0) is 37.2 Å². The molecule has 2 aliphatic carbocycles. The molecule has 1 saturated carbocycles. The highest BCUT2D eigenvalue weighted by molar-refractivity contribution is 5.30. The van der Waals surface area contributed by atoms with Gasteiger partial charge in [-0.25, -0.2) is 0 Å². The van der Waals surface area contributed by atoms with Crippen LogP contribution in [0.3, 0.4) is 0 Å². The first kappa shape index (κ1) is 13.2. The van der Waals surface area contributed by atoms with E-state index in [1.807, 2.05) is 0 Å². The van der Waals surface area contributed by atoms with Gasteiger partial charge in [-0.15, -0.1) is 0 Å². The number of hydrogen-bond acceptors (Lipinski definition) is 2. The van der Waals surface area contributed by atoms with E-state index in [0.29, 0.717) is 0 Å². The molecule has 19 heavy (non-hydrogen) atoms. The Kier molecular flexibility index (Phi) is 3.22. The monoisotopic (exact) mass is 263 g/mol. The molecule has 3 heteroatoms. The third kappa shape index (κ3) is 2.34. The lowest BCUT2D eigenvalue weighted by Crippen LogP contribution is -2.32. The second-order valence-electron chi connectivity index (χ2n) is 7.11. The fourth-order valence-electron chi connectivity index (χ4n) is 3.88. The number of aliphatic hydroxyl groups excluding tert-OH is 2. The van der Waals surface area contributed by atoms with Crippen LogP contribution in [-0.4, -0.2) is 20.9 Å². The summed E-state index contributed by atoms with van der Waals surface area (Å²) in [7, 11) is 0. The first-order valence-electron chi connectivity index (χ1n) is 7.54. The minimum Gasteiger partial charge on any atom is -0.391 e. The summed E-state index contributed by atoms with van der Waals surface area (Å²) in [5.41, 5.74) is 2.47. The molecule has 0 saturated heterocycles. The molecule has 0 radical (unpaired) electrons. The van der Waals surface area contributed by atoms with Gasteiger partial charge in [-0.2, -0.15) is 0 Å². The van der Waals surface area contributed by atoms with Crippen LogP contribution in [0, 0.1) is 5.41 Å². The van der Waals surface area contributed by atoms with E-state index in [1.165, 1.54) is 12.1 Å². The molecule has 0 aromatic carbocycles. The highest BCUT2D eigenvalue weighted by atomic mass is 16.3. The summed E-state index contributed by atoms with van der Waals surface area (Å²) < 4.78 is 2.25. The van der Waals surface area contributed by atoms with Crippen LogP contribution in [0.25, 0.3) is 0 Å². The SMILES string of the molecule is CC1(C)Cc2c(ccn2C2CCCCC2O)C(O)C1. The zero-order chi connectivity index (χ0) is 13.6. The van der Waals surface area contributed by atoms with E-state index in [1.54, 1.807) is 0 Å². The van der Waals surface area contributed by atoms with Crippen LogP contribution in [-0.2, 0) is 6.42 Å². The third-order valence-corrected chi connectivity index (χ3v) is 4.86. The quantitative estimate of drug-likeness (QED) is 0.818. The van der Waals surface area contributed by atoms with Crippen molar-refractivity contribution >= 4 is 0 Å². The molecule has 2 N–H and O–H groups in total. The summed E-state index contributed by atoms with van der Waals surface area (Å²) in [5.74, 6) is 0. The molecule has 1 heterocycles. The zero-order valence-corrected chi connectivity index (χ0v) is 12.0. The van der Waals surface area contributed by atoms with Gasteiger partial charge in [0.25, 0.3) is 0 Å². The Labute approximate surface area is 115 Å². The molecule has 3 nitrogen and oxygen atoms in total. The maximum absolute atomic E-state index is 10.3. The number of aliphatic hydroxyl groups is 2. The lowest BCUT2D eigenvalue weighted by atomic mass is 9.75. The van der Waals surface area contributed by atoms with Gasteiger partial charge in [0.15, 0.2) is 0 Å². The van der Waals surface area contributed by atoms with Gasteiger partial charge in [-0.3, -0.25) is 0 Å². The van der Waals surface area contributed by atoms with E-state index in [-0.39, 0.29) is 23.7 Å². The molecule has 0 aliphatic heterocycles. The standard InChI is InChI=1S/C16H25NO2/c1-16(2)9-13-11(15(19)10-16)7-8-17(13)12-5-3-4-6-14(12)18/h7-8,12,14-15,18-19H,3-6,9-10H2,1-2H3. The maximum Gasteiger partial charge on any atom is 0.0812 e. The Balaban J connectivity index is 1.96. The Morgan fingerprint density at radius 3 is 2.68 bits per heavy atom. The molecule has 0 bridgehead atoms. The molecule has 106 valence electrons. The van der Waals surface area contributed by atoms with Gasteiger partial charge >= 0.3 is 0 Å². The Hall–Kier alpha value is -0.800. The smallest absolute Gasteiger partial charge is 0.0812 e. The van der Waals surface area contributed by atoms with Gasteiger partial charge in [0.1, 0.15) is 0 Å². The van der Waals surface area contributed by atoms with Gasteiger partial charge in [0, 0.05) is 17.5 Å². The van der Waals surface area contributed by atoms with Gasteiger partial charge in [-0.1, -0.05) is 26.7 Å². The molecular weight excluding hydrogens is 238 g/mol. The highest BCUT2D eigenvalue weighted by Gasteiger charge is 2.35. The third-order valence-electron chi connectivity index (χ3n) is 4.86. The fourth-order valence-corrected chi connectivity index (χ4v) is 3.88. The van der Waals surface area contributed by atoms with Gasteiger partial charge < -0.3 is 14.8 Å². The Morgan fingerprint density at radius 1 is 1.21 bits per heavy atom. The van der Waals surface area contributed by atoms with E-state index >= 15 is 0 Å². The lowest BCUT2D eigenvalue weighted by Gasteiger charge is -2.37. The second-order valence-corrected chi connectivity index (χ2v) is 7.11. The van der Waals surface area contributed by atoms with Crippen molar-refractivity contribution < 1.29 is 10.2 Å². The minimum atomic E-state index is -0.347. The zero-order valence-electron chi connectivity index (χ0n) is 12.0. The summed E-state index contributed by atoms with van der Waals surface area (Å²) in [5, 5.41) is 20.6. The predicted molar refractivity (Wildman–Crippen MR) is 75.0 cm³/mol. The van der Waals surface area contributed by atoms with Crippen LogP contribution in [0.15, 0.2) is 12.3 Å². The number of hydrogen-bond donors (Lipinski definition) is 2. The number of rotatable bonds is 1. The van der Waals surface area contributed by atoms with Gasteiger partial charge in [0.05, 0.1) is 18.2 Å². The highest BCUT2D eigenvalue weighted by Crippen LogP contribution is 2.43. The number of aromatic nitrogens is 1. The van der Waals surface area contributed by atoms with Crippen molar-refractivity contribution in [2.24, 2.45) is 5.41 Å². The van der Waals surface area contributed by atoms with E-state index in [9.17, 15) is 10.2 Å². The summed E-state index contributed by atoms with van der Waals surface area (Å²) >= 11 is 0. The van der Waals surface area contributed by atoms with Crippen molar-refractivity contribution in [2.75, 3.05) is 0 Å². The molecular formula is C16H25NO2. The Morgan fingerprint density at radius 2 is 1.95 bits per heavy atom. The molecule has 1 aromatic rings. The van der Waals surface area contributed by atoms with Crippen LogP contribution in [0.5, 0.6) is 0 Å². The topological polar surface area (TPSA) is 45.4 Å². The largest absolute Gasteiger partial charge is 0.391 e. The molecule has 3 atom stereocenters. The van der Waals surface area contributed by atoms with E-state index in [4.69, 9.17) is 0 Å². The summed E-state index contributed by atoms with van der Waals surface area (Å²) in [6.07, 6.45) is 7.62. The number of fused-ring (bicyclic) bond motifs is 1. The summed E-state index contributed by atoms with van der Waals surface area (Å²) in [4.78, 5) is 0. The van der Waals surface area contributed by atoms with Crippen LogP contribution >= 0.6 is 0 Å². The van der Waals surface area contributed by atoms with Crippen LogP contribution in [0.4, 0.5) is 0 Å². The summed E-state index contributed by atoms with van der Waals surface area (Å²) in [6.45, 7) is 4.43. The molecule has 3 unspecified atom stereocenters. The Bertz CT molecular complexity index is 463. The molecule has 1 fully saturated rings. The average Bonchev–Trinajstić information content (AvgIpc) is 2.72. The van der Waals surface area contributed by atoms with E-state index < -0.39 is 0 Å². The van der Waals surface area contributed by atoms with Crippen LogP contribution in [0.1, 0.15) is 69.4 Å². The molecule has 1 aromatic heterocycles. The van der Waals surface area contributed by atoms with Crippen molar-refractivity contribution in [1.82, 2.24) is 4.57 Å². The summed E-state index contributed by atoms with van der Waals surface area (Å²) in [6, 6.07) is 2.26. The average molecular weight is 263 g/mol. The first-order chi connectivity index (χ1) is 8.98. The van der Waals surface area contributed by atoms with Crippen LogP contribution < -0.4 is 0 Å². The van der Waals surface area contributed by atoms with Crippen molar-refractivity contribution in [3.63, 3.8) is 0 Å². The predicted octanol–water partition coefficient (Wildman–Crippen LogP) is 2.97. The molecule has 2 aliphatic rings. The van der Waals surface area contributed by atoms with Crippen LogP contribution in [0.2, 0.25) is 0 Å². The molecule has 3 rings (SSSR count). The van der Waals surface area contributed by atoms with Gasteiger partial charge in [0.2, 0.25) is 0 Å². The van der Waals surface area contributed by atoms with E-state index in [0.717, 1.165) is 37.7 Å². The normalized spacial score (nSPS) is 34.0. The minimum absolute atomic E-state index is 0.141. The van der Waals surface area contributed by atoms with Crippen molar-refractivity contribution in [1.29, 1.82) is 0 Å². The fraction of sp³-hybridized carbons (Fsp3) is 0.750. The van der Waals surface area contributed by atoms with Crippen molar-refractivity contribution in [2.45, 2.75) is 70.6 Å².